The maximum atomic E-state index is 3.83. The van der Waals surface area contributed by atoms with Crippen LogP contribution in [-0.4, -0.2) is 0 Å². The average Bonchev–Trinajstić information content (AvgIpc) is 2.63. The molecule has 0 nitrogen and oxygen atoms in total. The van der Waals surface area contributed by atoms with Gasteiger partial charge in [0.2, 0.25) is 0 Å². The smallest absolute Gasteiger partial charge is 0.00603 e. The predicted molar refractivity (Wildman–Crippen MR) is 72.1 cm³/mol. The molecule has 0 aromatic rings. The lowest BCUT2D eigenvalue weighted by Gasteiger charge is -2.11. The van der Waals surface area contributed by atoms with Crippen LogP contribution >= 0.6 is 0 Å². The van der Waals surface area contributed by atoms with Crippen molar-refractivity contribution in [1.29, 1.82) is 0 Å². The summed E-state index contributed by atoms with van der Waals surface area (Å²) in [5.41, 5.74) is 2.80. The van der Waals surface area contributed by atoms with Crippen LogP contribution in [0.3, 0.4) is 0 Å². The van der Waals surface area contributed by atoms with Crippen molar-refractivity contribution < 1.29 is 0 Å². The first-order valence-corrected chi connectivity index (χ1v) is 6.36. The summed E-state index contributed by atoms with van der Waals surface area (Å²) in [6.45, 7) is 9.86. The first kappa shape index (κ1) is 13.0. The minimum Gasteiger partial charge on any atom is -0.103 e. The zero-order chi connectivity index (χ0) is 11.8. The first-order chi connectivity index (χ1) is 7.81. The van der Waals surface area contributed by atoms with Gasteiger partial charge < -0.3 is 0 Å². The maximum absolute atomic E-state index is 3.83. The van der Waals surface area contributed by atoms with E-state index in [9.17, 15) is 0 Å². The van der Waals surface area contributed by atoms with Gasteiger partial charge in [0.05, 0.1) is 0 Å². The molecule has 0 amide bonds. The minimum atomic E-state index is 0.541. The van der Waals surface area contributed by atoms with Crippen LogP contribution in [0.5, 0.6) is 0 Å². The van der Waals surface area contributed by atoms with E-state index < -0.39 is 0 Å². The Morgan fingerprint density at radius 2 is 2.00 bits per heavy atom. The topological polar surface area (TPSA) is 0 Å². The van der Waals surface area contributed by atoms with Crippen LogP contribution in [0.25, 0.3) is 0 Å². The molecule has 1 aliphatic carbocycles. The summed E-state index contributed by atoms with van der Waals surface area (Å²) in [5.74, 6) is 0.541. The van der Waals surface area contributed by atoms with Gasteiger partial charge in [-0.25, -0.2) is 0 Å². The van der Waals surface area contributed by atoms with Crippen LogP contribution in [0.15, 0.2) is 42.5 Å². The normalized spacial score (nSPS) is 19.2. The van der Waals surface area contributed by atoms with Gasteiger partial charge in [-0.05, 0) is 30.9 Å². The molecular formula is C16H23. The summed E-state index contributed by atoms with van der Waals surface area (Å²) in [7, 11) is 0. The van der Waals surface area contributed by atoms with Gasteiger partial charge in [0.1, 0.15) is 0 Å². The van der Waals surface area contributed by atoms with E-state index in [4.69, 9.17) is 0 Å². The lowest BCUT2D eigenvalue weighted by atomic mass is 9.94. The highest BCUT2D eigenvalue weighted by atomic mass is 14.2. The molecule has 1 aliphatic rings. The minimum absolute atomic E-state index is 0.541. The van der Waals surface area contributed by atoms with E-state index in [-0.39, 0.29) is 0 Å². The third-order valence-corrected chi connectivity index (χ3v) is 3.01. The van der Waals surface area contributed by atoms with Crippen LogP contribution in [0.4, 0.5) is 0 Å². The van der Waals surface area contributed by atoms with Gasteiger partial charge in [-0.15, -0.1) is 13.2 Å². The Hall–Kier alpha value is -1.04. The van der Waals surface area contributed by atoms with E-state index in [1.807, 2.05) is 12.2 Å². The highest BCUT2D eigenvalue weighted by Gasteiger charge is 2.17. The van der Waals surface area contributed by atoms with Gasteiger partial charge in [0.15, 0.2) is 0 Å². The molecule has 87 valence electrons. The standard InChI is InChI=1S/C16H23/c1-4-7-8-11-16-13-14(9-5-2)12-15(16)10-6-3/h5-6,12,16H,2-4,7-11H2,1H3. The molecule has 0 aromatic heterocycles. The maximum Gasteiger partial charge on any atom is 0.00603 e. The van der Waals surface area contributed by atoms with E-state index in [2.05, 4.69) is 32.2 Å². The summed E-state index contributed by atoms with van der Waals surface area (Å²) in [5, 5.41) is 0. The molecule has 0 aliphatic heterocycles. The molecule has 0 aromatic carbocycles. The fraction of sp³-hybridized carbons (Fsp3) is 0.500. The van der Waals surface area contributed by atoms with E-state index >= 15 is 0 Å². The molecule has 0 heteroatoms. The average molecular weight is 215 g/mol. The quantitative estimate of drug-likeness (QED) is 0.394. The predicted octanol–water partition coefficient (Wildman–Crippen LogP) is 5.00. The van der Waals surface area contributed by atoms with E-state index in [1.54, 1.807) is 0 Å². The molecule has 1 atom stereocenters. The van der Waals surface area contributed by atoms with Gasteiger partial charge in [-0.2, -0.15) is 0 Å². The summed E-state index contributed by atoms with van der Waals surface area (Å²) in [6.07, 6.45) is 17.0. The first-order valence-electron chi connectivity index (χ1n) is 6.36. The lowest BCUT2D eigenvalue weighted by Crippen LogP contribution is -1.98. The van der Waals surface area contributed by atoms with Crippen molar-refractivity contribution in [2.75, 3.05) is 0 Å². The Morgan fingerprint density at radius 3 is 2.62 bits per heavy atom. The zero-order valence-corrected chi connectivity index (χ0v) is 10.5. The molecule has 1 unspecified atom stereocenters. The fourth-order valence-electron chi connectivity index (χ4n) is 2.18. The summed E-state index contributed by atoms with van der Waals surface area (Å²) >= 11 is 0. The Labute approximate surface area is 100 Å². The van der Waals surface area contributed by atoms with Crippen LogP contribution in [-0.2, 0) is 0 Å². The molecule has 0 fully saturated rings. The van der Waals surface area contributed by atoms with Crippen molar-refractivity contribution in [2.45, 2.75) is 45.4 Å². The second-order valence-corrected chi connectivity index (χ2v) is 4.42. The highest BCUT2D eigenvalue weighted by Crippen LogP contribution is 2.31. The Bertz CT molecular complexity index is 291. The zero-order valence-electron chi connectivity index (χ0n) is 10.5. The van der Waals surface area contributed by atoms with Crippen molar-refractivity contribution in [3.63, 3.8) is 0 Å². The molecule has 16 heavy (non-hydrogen) atoms. The molecule has 0 saturated heterocycles. The molecular weight excluding hydrogens is 192 g/mol. The van der Waals surface area contributed by atoms with Gasteiger partial charge in [0.25, 0.3) is 0 Å². The van der Waals surface area contributed by atoms with Crippen molar-refractivity contribution in [1.82, 2.24) is 0 Å². The summed E-state index contributed by atoms with van der Waals surface area (Å²) in [4.78, 5) is 0. The van der Waals surface area contributed by atoms with Crippen LogP contribution in [0, 0.1) is 12.0 Å². The molecule has 0 N–H and O–H groups in total. The molecule has 0 saturated carbocycles. The Kier molecular flexibility index (Phi) is 5.92. The van der Waals surface area contributed by atoms with Crippen molar-refractivity contribution in [3.05, 3.63) is 48.6 Å². The van der Waals surface area contributed by atoms with E-state index in [1.165, 1.54) is 36.8 Å². The Balaban J connectivity index is 2.54. The van der Waals surface area contributed by atoms with E-state index in [0.717, 1.165) is 12.8 Å². The summed E-state index contributed by atoms with van der Waals surface area (Å²) < 4.78 is 0. The molecule has 1 rings (SSSR count). The number of hydrogen-bond donors (Lipinski definition) is 0. The number of rotatable bonds is 8. The van der Waals surface area contributed by atoms with Gasteiger partial charge in [0, 0.05) is 5.92 Å². The highest BCUT2D eigenvalue weighted by molar-refractivity contribution is 5.34. The SMILES string of the molecule is C=CCC1=[C]C(CCCCC)C(CC=C)=C1. The second-order valence-electron chi connectivity index (χ2n) is 4.42. The number of allylic oxidation sites excluding steroid dienone is 6. The van der Waals surface area contributed by atoms with Gasteiger partial charge in [-0.1, -0.05) is 50.0 Å². The Morgan fingerprint density at radius 1 is 1.25 bits per heavy atom. The fourth-order valence-corrected chi connectivity index (χ4v) is 2.18. The monoisotopic (exact) mass is 215 g/mol. The van der Waals surface area contributed by atoms with Crippen molar-refractivity contribution >= 4 is 0 Å². The third kappa shape index (κ3) is 3.84. The van der Waals surface area contributed by atoms with Crippen molar-refractivity contribution in [2.24, 2.45) is 5.92 Å². The van der Waals surface area contributed by atoms with Gasteiger partial charge in [-0.3, -0.25) is 0 Å². The molecule has 0 heterocycles. The summed E-state index contributed by atoms with van der Waals surface area (Å²) in [6, 6.07) is 0. The lowest BCUT2D eigenvalue weighted by molar-refractivity contribution is 0.582. The largest absolute Gasteiger partial charge is 0.103 e. The van der Waals surface area contributed by atoms with Crippen LogP contribution < -0.4 is 0 Å². The second kappa shape index (κ2) is 7.27. The molecule has 0 bridgehead atoms. The number of unbranched alkanes of at least 4 members (excludes halogenated alkanes) is 2. The van der Waals surface area contributed by atoms with Crippen molar-refractivity contribution in [3.8, 4) is 0 Å². The van der Waals surface area contributed by atoms with Crippen LogP contribution in [0.2, 0.25) is 0 Å². The molecule has 0 spiro atoms. The van der Waals surface area contributed by atoms with Gasteiger partial charge >= 0.3 is 0 Å². The van der Waals surface area contributed by atoms with Crippen LogP contribution in [0.1, 0.15) is 45.4 Å². The molecule has 1 radical (unpaired) electrons. The number of hydrogen-bond acceptors (Lipinski definition) is 0. The van der Waals surface area contributed by atoms with E-state index in [0.29, 0.717) is 5.92 Å². The third-order valence-electron chi connectivity index (χ3n) is 3.01.